The number of anilines is 1. The van der Waals surface area contributed by atoms with Crippen molar-refractivity contribution in [1.29, 1.82) is 0 Å². The van der Waals surface area contributed by atoms with E-state index in [0.29, 0.717) is 17.3 Å². The molecule has 1 unspecified atom stereocenters. The van der Waals surface area contributed by atoms with E-state index in [9.17, 15) is 4.79 Å². The van der Waals surface area contributed by atoms with Gasteiger partial charge in [-0.1, -0.05) is 20.3 Å². The van der Waals surface area contributed by atoms with Crippen LogP contribution in [0, 0.1) is 5.92 Å². The molecule has 0 radical (unpaired) electrons. The molecule has 0 aliphatic carbocycles. The van der Waals surface area contributed by atoms with Crippen molar-refractivity contribution in [2.24, 2.45) is 5.92 Å². The Labute approximate surface area is 135 Å². The molecule has 21 heavy (non-hydrogen) atoms. The van der Waals surface area contributed by atoms with Crippen LogP contribution >= 0.6 is 15.9 Å². The van der Waals surface area contributed by atoms with Gasteiger partial charge in [-0.3, -0.25) is 4.79 Å². The number of nitrogens with one attached hydrogen (secondary N) is 1. The summed E-state index contributed by atoms with van der Waals surface area (Å²) in [5, 5.41) is 3.26. The third-order valence-corrected chi connectivity index (χ3v) is 4.44. The number of halogens is 1. The maximum atomic E-state index is 12.8. The van der Waals surface area contributed by atoms with Crippen molar-refractivity contribution in [3.8, 4) is 0 Å². The van der Waals surface area contributed by atoms with Crippen LogP contribution in [0.15, 0.2) is 16.7 Å². The molecule has 4 nitrogen and oxygen atoms in total. The van der Waals surface area contributed by atoms with Gasteiger partial charge in [-0.2, -0.15) is 0 Å². The van der Waals surface area contributed by atoms with E-state index in [1.54, 1.807) is 6.20 Å². The predicted octanol–water partition coefficient (Wildman–Crippen LogP) is 3.93. The second-order valence-corrected chi connectivity index (χ2v) is 6.56. The van der Waals surface area contributed by atoms with Gasteiger partial charge >= 0.3 is 0 Å². The van der Waals surface area contributed by atoms with Crippen LogP contribution in [-0.4, -0.2) is 35.4 Å². The van der Waals surface area contributed by atoms with E-state index >= 15 is 0 Å². The molecular weight excluding hydrogens is 330 g/mol. The van der Waals surface area contributed by atoms with Crippen LogP contribution in [-0.2, 0) is 0 Å². The number of pyridine rings is 1. The topological polar surface area (TPSA) is 45.2 Å². The Morgan fingerprint density at radius 2 is 2.33 bits per heavy atom. The minimum absolute atomic E-state index is 0.0977. The molecule has 1 N–H and O–H groups in total. The Bertz CT molecular complexity index is 492. The lowest BCUT2D eigenvalue weighted by atomic mass is 9.95. The zero-order chi connectivity index (χ0) is 15.2. The molecule has 2 rings (SSSR count). The highest BCUT2D eigenvalue weighted by Gasteiger charge is 2.25. The zero-order valence-electron chi connectivity index (χ0n) is 12.9. The van der Waals surface area contributed by atoms with Gasteiger partial charge in [0.25, 0.3) is 5.91 Å². The summed E-state index contributed by atoms with van der Waals surface area (Å²) in [7, 11) is 0. The van der Waals surface area contributed by atoms with Gasteiger partial charge in [-0.25, -0.2) is 4.98 Å². The minimum Gasteiger partial charge on any atom is -0.369 e. The van der Waals surface area contributed by atoms with Gasteiger partial charge < -0.3 is 10.2 Å². The fourth-order valence-electron chi connectivity index (χ4n) is 2.74. The van der Waals surface area contributed by atoms with Crippen molar-refractivity contribution in [3.05, 3.63) is 22.3 Å². The summed E-state index contributed by atoms with van der Waals surface area (Å²) in [5.74, 6) is 1.43. The number of nitrogens with zero attached hydrogens (tertiary/aromatic N) is 2. The normalized spacial score (nSPS) is 18.6. The number of hydrogen-bond acceptors (Lipinski definition) is 3. The Balaban J connectivity index is 2.18. The van der Waals surface area contributed by atoms with Crippen LogP contribution in [0.4, 0.5) is 5.82 Å². The van der Waals surface area contributed by atoms with Gasteiger partial charge in [0, 0.05) is 30.3 Å². The highest BCUT2D eigenvalue weighted by Crippen LogP contribution is 2.24. The number of hydrogen-bond donors (Lipinski definition) is 1. The van der Waals surface area contributed by atoms with Gasteiger partial charge in [0.1, 0.15) is 5.82 Å². The minimum atomic E-state index is 0.0977. The lowest BCUT2D eigenvalue weighted by Crippen LogP contribution is -2.40. The SMILES string of the molecule is CCCNc1ncc(Br)cc1C(=O)N1CCCC(CC)C1. The van der Waals surface area contributed by atoms with Crippen LogP contribution in [0.2, 0.25) is 0 Å². The second-order valence-electron chi connectivity index (χ2n) is 5.64. The first-order chi connectivity index (χ1) is 10.2. The predicted molar refractivity (Wildman–Crippen MR) is 89.6 cm³/mol. The number of carbonyl (C=O) groups excluding carboxylic acids is 1. The summed E-state index contributed by atoms with van der Waals surface area (Å²) in [6.07, 6.45) is 6.22. The van der Waals surface area contributed by atoms with Gasteiger partial charge in [-0.05, 0) is 47.2 Å². The molecule has 2 heterocycles. The molecule has 0 saturated carbocycles. The molecule has 1 aliphatic heterocycles. The maximum Gasteiger partial charge on any atom is 0.257 e. The summed E-state index contributed by atoms with van der Waals surface area (Å²) < 4.78 is 0.844. The second kappa shape index (κ2) is 7.78. The van der Waals surface area contributed by atoms with Crippen LogP contribution in [0.1, 0.15) is 49.9 Å². The molecular formula is C16H24BrN3O. The average molecular weight is 354 g/mol. The maximum absolute atomic E-state index is 12.8. The number of carbonyl (C=O) groups is 1. The first kappa shape index (κ1) is 16.3. The van der Waals surface area contributed by atoms with E-state index in [2.05, 4.69) is 40.1 Å². The van der Waals surface area contributed by atoms with Crippen LogP contribution in [0.3, 0.4) is 0 Å². The molecule has 1 saturated heterocycles. The lowest BCUT2D eigenvalue weighted by molar-refractivity contribution is 0.0671. The average Bonchev–Trinajstić information content (AvgIpc) is 2.53. The molecule has 1 amide bonds. The van der Waals surface area contributed by atoms with Crippen LogP contribution in [0.25, 0.3) is 0 Å². The molecule has 0 aromatic carbocycles. The number of likely N-dealkylation sites (tertiary alicyclic amines) is 1. The smallest absolute Gasteiger partial charge is 0.257 e. The van der Waals surface area contributed by atoms with Crippen molar-refractivity contribution in [1.82, 2.24) is 9.88 Å². The highest BCUT2D eigenvalue weighted by atomic mass is 79.9. The van der Waals surface area contributed by atoms with E-state index in [1.165, 1.54) is 6.42 Å². The van der Waals surface area contributed by atoms with Crippen molar-refractivity contribution in [3.63, 3.8) is 0 Å². The Kier molecular flexibility index (Phi) is 6.03. The van der Waals surface area contributed by atoms with E-state index in [4.69, 9.17) is 0 Å². The Morgan fingerprint density at radius 3 is 3.05 bits per heavy atom. The van der Waals surface area contributed by atoms with E-state index in [-0.39, 0.29) is 5.91 Å². The quantitative estimate of drug-likeness (QED) is 0.872. The van der Waals surface area contributed by atoms with Crippen molar-refractivity contribution < 1.29 is 4.79 Å². The van der Waals surface area contributed by atoms with E-state index in [0.717, 1.165) is 43.4 Å². The molecule has 1 atom stereocenters. The Hall–Kier alpha value is -1.10. The Morgan fingerprint density at radius 1 is 1.52 bits per heavy atom. The third kappa shape index (κ3) is 4.19. The standard InChI is InChI=1S/C16H24BrN3O/c1-3-7-18-15-14(9-13(17)10-19-15)16(21)20-8-5-6-12(4-2)11-20/h9-10,12H,3-8,11H2,1-2H3,(H,18,19). The molecule has 1 aliphatic rings. The van der Waals surface area contributed by atoms with Crippen LogP contribution in [0.5, 0.6) is 0 Å². The zero-order valence-corrected chi connectivity index (χ0v) is 14.4. The first-order valence-corrected chi connectivity index (χ1v) is 8.63. The summed E-state index contributed by atoms with van der Waals surface area (Å²) in [6, 6.07) is 1.88. The highest BCUT2D eigenvalue weighted by molar-refractivity contribution is 9.10. The van der Waals surface area contributed by atoms with E-state index < -0.39 is 0 Å². The summed E-state index contributed by atoms with van der Waals surface area (Å²) in [4.78, 5) is 19.2. The largest absolute Gasteiger partial charge is 0.369 e. The lowest BCUT2D eigenvalue weighted by Gasteiger charge is -2.32. The van der Waals surface area contributed by atoms with Gasteiger partial charge in [-0.15, -0.1) is 0 Å². The number of amides is 1. The van der Waals surface area contributed by atoms with E-state index in [1.807, 2.05) is 11.0 Å². The molecule has 1 fully saturated rings. The van der Waals surface area contributed by atoms with Crippen LogP contribution < -0.4 is 5.32 Å². The summed E-state index contributed by atoms with van der Waals surface area (Å²) >= 11 is 3.42. The van der Waals surface area contributed by atoms with Gasteiger partial charge in [0.2, 0.25) is 0 Å². The fraction of sp³-hybridized carbons (Fsp3) is 0.625. The summed E-state index contributed by atoms with van der Waals surface area (Å²) in [5.41, 5.74) is 0.676. The fourth-order valence-corrected chi connectivity index (χ4v) is 3.07. The molecule has 0 spiro atoms. The molecule has 0 bridgehead atoms. The summed E-state index contributed by atoms with van der Waals surface area (Å²) in [6.45, 7) is 6.86. The van der Waals surface area contributed by atoms with Crippen molar-refractivity contribution >= 4 is 27.7 Å². The molecule has 1 aromatic heterocycles. The first-order valence-electron chi connectivity index (χ1n) is 7.84. The number of aromatic nitrogens is 1. The molecule has 116 valence electrons. The number of piperidine rings is 1. The molecule has 1 aromatic rings. The van der Waals surface area contributed by atoms with Gasteiger partial charge in [0.15, 0.2) is 0 Å². The van der Waals surface area contributed by atoms with Gasteiger partial charge in [0.05, 0.1) is 5.56 Å². The van der Waals surface area contributed by atoms with Crippen molar-refractivity contribution in [2.75, 3.05) is 25.0 Å². The van der Waals surface area contributed by atoms with Crippen molar-refractivity contribution in [2.45, 2.75) is 39.5 Å². The third-order valence-electron chi connectivity index (χ3n) is 4.01. The monoisotopic (exact) mass is 353 g/mol. The number of rotatable bonds is 5. The molecule has 5 heteroatoms.